The van der Waals surface area contributed by atoms with E-state index < -0.39 is 0 Å². The van der Waals surface area contributed by atoms with Crippen molar-refractivity contribution in [3.8, 4) is 17.4 Å². The molecule has 0 spiro atoms. The van der Waals surface area contributed by atoms with Crippen molar-refractivity contribution in [3.63, 3.8) is 0 Å². The normalized spacial score (nSPS) is 10.0. The quantitative estimate of drug-likeness (QED) is 0.848. The Labute approximate surface area is 124 Å². The number of ether oxygens (including phenoxy) is 3. The zero-order valence-corrected chi connectivity index (χ0v) is 12.6. The van der Waals surface area contributed by atoms with Crippen LogP contribution in [0.15, 0.2) is 36.5 Å². The standard InChI is InChI=1S/C16H20N2O3/c1-4-21-16-8-6-13(11-18-16)17-10-12-5-7-14(19-2)15(9-12)20-3/h5-9,11,17H,4,10H2,1-3H3. The highest BCUT2D eigenvalue weighted by Gasteiger charge is 2.04. The van der Waals surface area contributed by atoms with Gasteiger partial charge in [0.25, 0.3) is 0 Å². The van der Waals surface area contributed by atoms with Crippen LogP contribution in [0.4, 0.5) is 5.69 Å². The van der Waals surface area contributed by atoms with Crippen LogP contribution in [0.3, 0.4) is 0 Å². The van der Waals surface area contributed by atoms with Crippen LogP contribution in [0.5, 0.6) is 17.4 Å². The summed E-state index contributed by atoms with van der Waals surface area (Å²) in [6, 6.07) is 9.63. The molecule has 0 bridgehead atoms. The molecule has 1 aromatic heterocycles. The van der Waals surface area contributed by atoms with E-state index in [-0.39, 0.29) is 0 Å². The molecule has 0 aliphatic heterocycles. The predicted molar refractivity (Wildman–Crippen MR) is 82.3 cm³/mol. The molecule has 21 heavy (non-hydrogen) atoms. The number of nitrogens with one attached hydrogen (secondary N) is 1. The summed E-state index contributed by atoms with van der Waals surface area (Å²) in [4.78, 5) is 4.21. The fourth-order valence-electron chi connectivity index (χ4n) is 1.91. The molecule has 112 valence electrons. The van der Waals surface area contributed by atoms with Crippen molar-refractivity contribution in [3.05, 3.63) is 42.1 Å². The fourth-order valence-corrected chi connectivity index (χ4v) is 1.91. The summed E-state index contributed by atoms with van der Waals surface area (Å²) in [7, 11) is 3.26. The lowest BCUT2D eigenvalue weighted by atomic mass is 10.2. The van der Waals surface area contributed by atoms with Crippen LogP contribution in [0.2, 0.25) is 0 Å². The fraction of sp³-hybridized carbons (Fsp3) is 0.312. The van der Waals surface area contributed by atoms with E-state index in [0.717, 1.165) is 22.7 Å². The van der Waals surface area contributed by atoms with E-state index in [1.807, 2.05) is 37.3 Å². The molecule has 0 fully saturated rings. The molecule has 1 aromatic carbocycles. The van der Waals surface area contributed by atoms with Gasteiger partial charge < -0.3 is 19.5 Å². The maximum Gasteiger partial charge on any atom is 0.213 e. The van der Waals surface area contributed by atoms with Crippen LogP contribution in [0, 0.1) is 0 Å². The Morgan fingerprint density at radius 3 is 2.48 bits per heavy atom. The number of hydrogen-bond donors (Lipinski definition) is 1. The highest BCUT2D eigenvalue weighted by molar-refractivity contribution is 5.46. The molecule has 2 aromatic rings. The average Bonchev–Trinajstić information content (AvgIpc) is 2.54. The third kappa shape index (κ3) is 4.02. The molecule has 0 radical (unpaired) electrons. The lowest BCUT2D eigenvalue weighted by Gasteiger charge is -2.11. The van der Waals surface area contributed by atoms with Gasteiger partial charge in [-0.25, -0.2) is 4.98 Å². The second kappa shape index (κ2) is 7.38. The molecule has 1 N–H and O–H groups in total. The summed E-state index contributed by atoms with van der Waals surface area (Å²) in [6.45, 7) is 3.23. The van der Waals surface area contributed by atoms with Crippen LogP contribution in [-0.2, 0) is 6.54 Å². The number of benzene rings is 1. The first-order valence-electron chi connectivity index (χ1n) is 6.80. The number of aromatic nitrogens is 1. The van der Waals surface area contributed by atoms with Crippen molar-refractivity contribution in [2.75, 3.05) is 26.1 Å². The molecule has 5 nitrogen and oxygen atoms in total. The summed E-state index contributed by atoms with van der Waals surface area (Å²) >= 11 is 0. The number of methoxy groups -OCH3 is 2. The molecule has 0 saturated heterocycles. The van der Waals surface area contributed by atoms with Crippen LogP contribution in [0.25, 0.3) is 0 Å². The first-order chi connectivity index (χ1) is 10.3. The van der Waals surface area contributed by atoms with Crippen molar-refractivity contribution < 1.29 is 14.2 Å². The Morgan fingerprint density at radius 1 is 1.05 bits per heavy atom. The Hall–Kier alpha value is -2.43. The van der Waals surface area contributed by atoms with Crippen LogP contribution < -0.4 is 19.5 Å². The minimum Gasteiger partial charge on any atom is -0.493 e. The number of anilines is 1. The van der Waals surface area contributed by atoms with Crippen LogP contribution in [-0.4, -0.2) is 25.8 Å². The molecule has 0 aliphatic carbocycles. The van der Waals surface area contributed by atoms with Gasteiger partial charge in [-0.2, -0.15) is 0 Å². The van der Waals surface area contributed by atoms with Gasteiger partial charge in [-0.15, -0.1) is 0 Å². The van der Waals surface area contributed by atoms with E-state index >= 15 is 0 Å². The van der Waals surface area contributed by atoms with E-state index in [1.54, 1.807) is 20.4 Å². The van der Waals surface area contributed by atoms with Crippen molar-refractivity contribution in [2.24, 2.45) is 0 Å². The number of rotatable bonds is 7. The van der Waals surface area contributed by atoms with Crippen molar-refractivity contribution in [1.82, 2.24) is 4.98 Å². The van der Waals surface area contributed by atoms with E-state index in [0.29, 0.717) is 19.0 Å². The van der Waals surface area contributed by atoms with Gasteiger partial charge in [0.15, 0.2) is 11.5 Å². The first-order valence-corrected chi connectivity index (χ1v) is 6.80. The molecule has 5 heteroatoms. The summed E-state index contributed by atoms with van der Waals surface area (Å²) in [6.07, 6.45) is 1.76. The predicted octanol–water partition coefficient (Wildman–Crippen LogP) is 3.11. The van der Waals surface area contributed by atoms with Crippen LogP contribution in [0.1, 0.15) is 12.5 Å². The highest BCUT2D eigenvalue weighted by atomic mass is 16.5. The number of nitrogens with zero attached hydrogens (tertiary/aromatic N) is 1. The Bertz CT molecular complexity index is 570. The zero-order chi connectivity index (χ0) is 15.1. The Balaban J connectivity index is 1.99. The van der Waals surface area contributed by atoms with Gasteiger partial charge >= 0.3 is 0 Å². The molecule has 0 aliphatic rings. The smallest absolute Gasteiger partial charge is 0.213 e. The third-order valence-electron chi connectivity index (χ3n) is 2.97. The monoisotopic (exact) mass is 288 g/mol. The molecule has 0 atom stereocenters. The Kier molecular flexibility index (Phi) is 5.26. The summed E-state index contributed by atoms with van der Waals surface area (Å²) in [5.41, 5.74) is 2.04. The van der Waals surface area contributed by atoms with Gasteiger partial charge in [-0.3, -0.25) is 0 Å². The molecule has 0 amide bonds. The largest absolute Gasteiger partial charge is 0.493 e. The van der Waals surface area contributed by atoms with Gasteiger partial charge in [0, 0.05) is 12.6 Å². The lowest BCUT2D eigenvalue weighted by molar-refractivity contribution is 0.327. The second-order valence-electron chi connectivity index (χ2n) is 4.36. The maximum atomic E-state index is 5.31. The third-order valence-corrected chi connectivity index (χ3v) is 2.97. The van der Waals surface area contributed by atoms with E-state index in [1.165, 1.54) is 0 Å². The summed E-state index contributed by atoms with van der Waals surface area (Å²) in [5, 5.41) is 3.30. The molecular formula is C16H20N2O3. The van der Waals surface area contributed by atoms with Gasteiger partial charge in [-0.1, -0.05) is 6.07 Å². The van der Waals surface area contributed by atoms with Gasteiger partial charge in [-0.05, 0) is 30.7 Å². The lowest BCUT2D eigenvalue weighted by Crippen LogP contribution is -2.01. The summed E-state index contributed by atoms with van der Waals surface area (Å²) in [5.74, 6) is 2.08. The SMILES string of the molecule is CCOc1ccc(NCc2ccc(OC)c(OC)c2)cn1. The van der Waals surface area contributed by atoms with Crippen molar-refractivity contribution >= 4 is 5.69 Å². The van der Waals surface area contributed by atoms with Crippen LogP contribution >= 0.6 is 0 Å². The molecule has 2 rings (SSSR count). The van der Waals surface area contributed by atoms with Gasteiger partial charge in [0.2, 0.25) is 5.88 Å². The number of pyridine rings is 1. The second-order valence-corrected chi connectivity index (χ2v) is 4.36. The molecule has 1 heterocycles. The highest BCUT2D eigenvalue weighted by Crippen LogP contribution is 2.27. The average molecular weight is 288 g/mol. The summed E-state index contributed by atoms with van der Waals surface area (Å²) < 4.78 is 15.8. The number of hydrogen-bond acceptors (Lipinski definition) is 5. The molecular weight excluding hydrogens is 268 g/mol. The molecule has 0 unspecified atom stereocenters. The zero-order valence-electron chi connectivity index (χ0n) is 12.6. The van der Waals surface area contributed by atoms with Crippen molar-refractivity contribution in [1.29, 1.82) is 0 Å². The van der Waals surface area contributed by atoms with Crippen molar-refractivity contribution in [2.45, 2.75) is 13.5 Å². The molecule has 0 saturated carbocycles. The van der Waals surface area contributed by atoms with E-state index in [4.69, 9.17) is 14.2 Å². The Morgan fingerprint density at radius 2 is 1.86 bits per heavy atom. The minimum absolute atomic E-state index is 0.616. The van der Waals surface area contributed by atoms with E-state index in [2.05, 4.69) is 10.3 Å². The topological polar surface area (TPSA) is 52.6 Å². The maximum absolute atomic E-state index is 5.31. The van der Waals surface area contributed by atoms with Gasteiger partial charge in [0.1, 0.15) is 0 Å². The van der Waals surface area contributed by atoms with Gasteiger partial charge in [0.05, 0.1) is 32.7 Å². The van der Waals surface area contributed by atoms with E-state index in [9.17, 15) is 0 Å². The minimum atomic E-state index is 0.616. The first kappa shape index (κ1) is 15.0.